The zero-order chi connectivity index (χ0) is 19.3. The van der Waals surface area contributed by atoms with Gasteiger partial charge in [0.15, 0.2) is 0 Å². The summed E-state index contributed by atoms with van der Waals surface area (Å²) >= 11 is 6.12. The van der Waals surface area contributed by atoms with Crippen molar-refractivity contribution in [3.8, 4) is 5.75 Å². The predicted octanol–water partition coefficient (Wildman–Crippen LogP) is 4.38. The Morgan fingerprint density at radius 1 is 1.14 bits per heavy atom. The number of rotatable bonds is 6. The fourth-order valence-electron chi connectivity index (χ4n) is 3.66. The van der Waals surface area contributed by atoms with Gasteiger partial charge in [0.1, 0.15) is 5.75 Å². The maximum Gasteiger partial charge on any atom is 0.118 e. The number of fused-ring (bicyclic) bond motifs is 1. The summed E-state index contributed by atoms with van der Waals surface area (Å²) in [4.78, 5) is 6.90. The molecule has 28 heavy (non-hydrogen) atoms. The van der Waals surface area contributed by atoms with Crippen LogP contribution in [-0.2, 0) is 4.74 Å². The molecule has 0 aliphatic carbocycles. The van der Waals surface area contributed by atoms with E-state index in [-0.39, 0.29) is 6.04 Å². The second-order valence-corrected chi connectivity index (χ2v) is 7.27. The molecule has 4 rings (SSSR count). The van der Waals surface area contributed by atoms with Crippen molar-refractivity contribution < 1.29 is 9.47 Å². The van der Waals surface area contributed by atoms with Crippen LogP contribution in [0.5, 0.6) is 5.75 Å². The molecular weight excluding hydrogens is 374 g/mol. The first-order valence-corrected chi connectivity index (χ1v) is 9.86. The van der Waals surface area contributed by atoms with Crippen LogP contribution in [0, 0.1) is 0 Å². The fourth-order valence-corrected chi connectivity index (χ4v) is 3.82. The number of morpholine rings is 1. The SMILES string of the molecule is COc1ccc(C(CNc2ccnc3cc(Cl)ccc23)N2CCOCC2)cc1. The quantitative estimate of drug-likeness (QED) is 0.668. The number of aromatic nitrogens is 1. The van der Waals surface area contributed by atoms with Crippen LogP contribution in [0.2, 0.25) is 5.02 Å². The number of nitrogens with zero attached hydrogens (tertiary/aromatic N) is 2. The Labute approximate surface area is 170 Å². The summed E-state index contributed by atoms with van der Waals surface area (Å²) < 4.78 is 10.9. The molecule has 1 atom stereocenters. The minimum absolute atomic E-state index is 0.241. The van der Waals surface area contributed by atoms with E-state index in [9.17, 15) is 0 Å². The molecule has 0 saturated carbocycles. The van der Waals surface area contributed by atoms with Crippen molar-refractivity contribution in [1.82, 2.24) is 9.88 Å². The van der Waals surface area contributed by atoms with E-state index in [0.29, 0.717) is 5.02 Å². The Hall–Kier alpha value is -2.34. The van der Waals surface area contributed by atoms with Crippen LogP contribution < -0.4 is 10.1 Å². The van der Waals surface area contributed by atoms with E-state index in [1.54, 1.807) is 7.11 Å². The average molecular weight is 398 g/mol. The molecule has 2 heterocycles. The normalized spacial score (nSPS) is 16.1. The van der Waals surface area contributed by atoms with Gasteiger partial charge in [0.25, 0.3) is 0 Å². The molecule has 0 amide bonds. The second-order valence-electron chi connectivity index (χ2n) is 6.84. The van der Waals surface area contributed by atoms with Crippen LogP contribution in [-0.4, -0.2) is 49.8 Å². The summed E-state index contributed by atoms with van der Waals surface area (Å²) in [6.45, 7) is 4.16. The summed E-state index contributed by atoms with van der Waals surface area (Å²) in [7, 11) is 1.69. The molecule has 1 fully saturated rings. The molecule has 0 bridgehead atoms. The first kappa shape index (κ1) is 19.0. The van der Waals surface area contributed by atoms with Gasteiger partial charge in [0, 0.05) is 41.9 Å². The molecule has 1 aliphatic rings. The number of benzene rings is 2. The molecule has 1 aliphatic heterocycles. The summed E-state index contributed by atoms with van der Waals surface area (Å²) in [5.74, 6) is 0.870. The third kappa shape index (κ3) is 4.22. The Balaban J connectivity index is 1.58. The lowest BCUT2D eigenvalue weighted by Gasteiger charge is -2.35. The van der Waals surface area contributed by atoms with E-state index in [1.165, 1.54) is 5.56 Å². The van der Waals surface area contributed by atoms with Gasteiger partial charge in [-0.15, -0.1) is 0 Å². The van der Waals surface area contributed by atoms with Crippen LogP contribution in [0.1, 0.15) is 11.6 Å². The van der Waals surface area contributed by atoms with Gasteiger partial charge in [-0.3, -0.25) is 9.88 Å². The highest BCUT2D eigenvalue weighted by Crippen LogP contribution is 2.28. The molecule has 1 saturated heterocycles. The van der Waals surface area contributed by atoms with E-state index >= 15 is 0 Å². The maximum absolute atomic E-state index is 6.12. The summed E-state index contributed by atoms with van der Waals surface area (Å²) in [5.41, 5.74) is 3.22. The minimum atomic E-state index is 0.241. The van der Waals surface area contributed by atoms with Crippen molar-refractivity contribution in [2.24, 2.45) is 0 Å². The zero-order valence-electron chi connectivity index (χ0n) is 15.9. The molecular formula is C22H24ClN3O2. The number of ether oxygens (including phenoxy) is 2. The smallest absolute Gasteiger partial charge is 0.118 e. The summed E-state index contributed by atoms with van der Waals surface area (Å²) in [5, 5.41) is 5.40. The number of pyridine rings is 1. The van der Waals surface area contributed by atoms with Gasteiger partial charge in [0.2, 0.25) is 0 Å². The minimum Gasteiger partial charge on any atom is -0.497 e. The Bertz CT molecular complexity index is 927. The third-order valence-electron chi connectivity index (χ3n) is 5.18. The van der Waals surface area contributed by atoms with Crippen molar-refractivity contribution in [1.29, 1.82) is 0 Å². The lowest BCUT2D eigenvalue weighted by Crippen LogP contribution is -2.41. The van der Waals surface area contributed by atoms with Crippen molar-refractivity contribution in [3.63, 3.8) is 0 Å². The highest BCUT2D eigenvalue weighted by Gasteiger charge is 2.23. The van der Waals surface area contributed by atoms with Crippen LogP contribution in [0.3, 0.4) is 0 Å². The lowest BCUT2D eigenvalue weighted by atomic mass is 10.0. The van der Waals surface area contributed by atoms with Gasteiger partial charge in [-0.25, -0.2) is 0 Å². The monoisotopic (exact) mass is 397 g/mol. The van der Waals surface area contributed by atoms with E-state index in [0.717, 1.165) is 55.2 Å². The number of hydrogen-bond donors (Lipinski definition) is 1. The maximum atomic E-state index is 6.12. The van der Waals surface area contributed by atoms with Gasteiger partial charge < -0.3 is 14.8 Å². The Kier molecular flexibility index (Phi) is 5.95. The molecule has 0 spiro atoms. The van der Waals surface area contributed by atoms with E-state index in [2.05, 4.69) is 27.3 Å². The van der Waals surface area contributed by atoms with Crippen LogP contribution in [0.25, 0.3) is 10.9 Å². The second kappa shape index (κ2) is 8.78. The molecule has 146 valence electrons. The molecule has 1 unspecified atom stereocenters. The molecule has 5 nitrogen and oxygen atoms in total. The summed E-state index contributed by atoms with van der Waals surface area (Å²) in [6, 6.07) is 16.4. The van der Waals surface area contributed by atoms with Gasteiger partial charge in [0.05, 0.1) is 31.9 Å². The average Bonchev–Trinajstić information content (AvgIpc) is 2.75. The fraction of sp³-hybridized carbons (Fsp3) is 0.318. The zero-order valence-corrected chi connectivity index (χ0v) is 16.7. The first-order chi connectivity index (χ1) is 13.7. The predicted molar refractivity (Wildman–Crippen MR) is 113 cm³/mol. The van der Waals surface area contributed by atoms with Crippen molar-refractivity contribution in [2.45, 2.75) is 6.04 Å². The van der Waals surface area contributed by atoms with Crippen molar-refractivity contribution in [3.05, 3.63) is 65.3 Å². The van der Waals surface area contributed by atoms with Crippen LogP contribution in [0.15, 0.2) is 54.7 Å². The summed E-state index contributed by atoms with van der Waals surface area (Å²) in [6.07, 6.45) is 1.82. The number of hydrogen-bond acceptors (Lipinski definition) is 5. The van der Waals surface area contributed by atoms with E-state index in [4.69, 9.17) is 21.1 Å². The third-order valence-corrected chi connectivity index (χ3v) is 5.41. The molecule has 6 heteroatoms. The van der Waals surface area contributed by atoms with E-state index < -0.39 is 0 Å². The topological polar surface area (TPSA) is 46.6 Å². The van der Waals surface area contributed by atoms with Crippen LogP contribution >= 0.6 is 11.6 Å². The van der Waals surface area contributed by atoms with Gasteiger partial charge in [-0.1, -0.05) is 23.7 Å². The Morgan fingerprint density at radius 3 is 2.68 bits per heavy atom. The van der Waals surface area contributed by atoms with Gasteiger partial charge in [-0.05, 0) is 42.0 Å². The largest absolute Gasteiger partial charge is 0.497 e. The number of anilines is 1. The lowest BCUT2D eigenvalue weighted by molar-refractivity contribution is 0.0187. The van der Waals surface area contributed by atoms with Gasteiger partial charge >= 0.3 is 0 Å². The van der Waals surface area contributed by atoms with Crippen molar-refractivity contribution >= 4 is 28.2 Å². The highest BCUT2D eigenvalue weighted by atomic mass is 35.5. The molecule has 1 aromatic heterocycles. The standard InChI is InChI=1S/C22H24ClN3O2/c1-27-18-5-2-16(3-6-18)22(26-10-12-28-13-11-26)15-25-20-8-9-24-21-14-17(23)4-7-19(20)21/h2-9,14,22H,10-13,15H2,1H3,(H,24,25). The molecule has 1 N–H and O–H groups in total. The number of halogens is 1. The number of nitrogens with one attached hydrogen (secondary N) is 1. The Morgan fingerprint density at radius 2 is 1.93 bits per heavy atom. The number of methoxy groups -OCH3 is 1. The molecule has 3 aromatic rings. The molecule has 2 aromatic carbocycles. The van der Waals surface area contributed by atoms with Crippen molar-refractivity contribution in [2.75, 3.05) is 45.3 Å². The molecule has 0 radical (unpaired) electrons. The van der Waals surface area contributed by atoms with Gasteiger partial charge in [-0.2, -0.15) is 0 Å². The first-order valence-electron chi connectivity index (χ1n) is 9.48. The highest BCUT2D eigenvalue weighted by molar-refractivity contribution is 6.31. The van der Waals surface area contributed by atoms with E-state index in [1.807, 2.05) is 42.6 Å². The van der Waals surface area contributed by atoms with Crippen LogP contribution in [0.4, 0.5) is 5.69 Å².